The van der Waals surface area contributed by atoms with Gasteiger partial charge in [0.05, 0.1) is 6.61 Å². The van der Waals surface area contributed by atoms with E-state index >= 15 is 0 Å². The lowest BCUT2D eigenvalue weighted by atomic mass is 9.84. The van der Waals surface area contributed by atoms with Gasteiger partial charge in [0.1, 0.15) is 11.4 Å². The molecule has 1 fully saturated rings. The van der Waals surface area contributed by atoms with Crippen LogP contribution in [0.2, 0.25) is 0 Å². The summed E-state index contributed by atoms with van der Waals surface area (Å²) < 4.78 is 11.7. The number of amides is 1. The Morgan fingerprint density at radius 2 is 1.81 bits per heavy atom. The molecule has 31 heavy (non-hydrogen) atoms. The van der Waals surface area contributed by atoms with Gasteiger partial charge in [-0.25, -0.2) is 0 Å². The van der Waals surface area contributed by atoms with Crippen LogP contribution < -0.4 is 10.1 Å². The van der Waals surface area contributed by atoms with Gasteiger partial charge in [-0.15, -0.1) is 0 Å². The molecule has 0 radical (unpaired) electrons. The maximum absolute atomic E-state index is 13.1. The van der Waals surface area contributed by atoms with Gasteiger partial charge in [-0.3, -0.25) is 4.79 Å². The van der Waals surface area contributed by atoms with Crippen molar-refractivity contribution >= 4 is 11.6 Å². The van der Waals surface area contributed by atoms with Gasteiger partial charge in [-0.2, -0.15) is 0 Å². The zero-order chi connectivity index (χ0) is 22.9. The number of hydrogen-bond acceptors (Lipinski definition) is 4. The number of carbonyl (C=O) groups excluding carboxylic acids is 1. The summed E-state index contributed by atoms with van der Waals surface area (Å²) in [4.78, 5) is 15.7. The van der Waals surface area contributed by atoms with Crippen molar-refractivity contribution in [3.05, 3.63) is 24.3 Å². The predicted octanol–water partition coefficient (Wildman–Crippen LogP) is 5.60. The van der Waals surface area contributed by atoms with Crippen LogP contribution in [0.25, 0.3) is 0 Å². The Hall–Kier alpha value is -1.59. The number of hydrogen-bond donors (Lipinski definition) is 1. The highest BCUT2D eigenvalue weighted by atomic mass is 16.5. The molecule has 1 heterocycles. The summed E-state index contributed by atoms with van der Waals surface area (Å²) in [5.74, 6) is 2.33. The van der Waals surface area contributed by atoms with Crippen LogP contribution in [0.3, 0.4) is 0 Å². The number of ether oxygens (including phenoxy) is 2. The third-order valence-corrected chi connectivity index (χ3v) is 6.02. The van der Waals surface area contributed by atoms with Gasteiger partial charge in [0.15, 0.2) is 0 Å². The van der Waals surface area contributed by atoms with Crippen LogP contribution >= 0.6 is 0 Å². The van der Waals surface area contributed by atoms with Gasteiger partial charge in [0, 0.05) is 25.9 Å². The van der Waals surface area contributed by atoms with Crippen molar-refractivity contribution in [3.8, 4) is 5.75 Å². The highest BCUT2D eigenvalue weighted by Gasteiger charge is 2.39. The number of piperidine rings is 1. The molecule has 1 aromatic carbocycles. The Morgan fingerprint density at radius 1 is 1.16 bits per heavy atom. The second-order valence-electron chi connectivity index (χ2n) is 10.1. The second kappa shape index (κ2) is 12.4. The summed E-state index contributed by atoms with van der Waals surface area (Å²) in [6.45, 7) is 15.1. The molecule has 0 aromatic heterocycles. The first kappa shape index (κ1) is 25.7. The molecule has 1 saturated heterocycles. The lowest BCUT2D eigenvalue weighted by Gasteiger charge is -2.34. The number of benzene rings is 1. The van der Waals surface area contributed by atoms with E-state index in [0.29, 0.717) is 31.3 Å². The molecule has 0 saturated carbocycles. The number of nitrogens with zero attached hydrogens (tertiary/aromatic N) is 1. The number of carbonyl (C=O) groups is 1. The van der Waals surface area contributed by atoms with E-state index in [-0.39, 0.29) is 5.91 Å². The van der Waals surface area contributed by atoms with Crippen LogP contribution in [-0.4, -0.2) is 49.8 Å². The number of nitrogens with one attached hydrogen (secondary N) is 1. The van der Waals surface area contributed by atoms with Gasteiger partial charge >= 0.3 is 0 Å². The Morgan fingerprint density at radius 3 is 2.35 bits per heavy atom. The van der Waals surface area contributed by atoms with E-state index in [2.05, 4.69) is 44.8 Å². The van der Waals surface area contributed by atoms with Crippen molar-refractivity contribution in [3.63, 3.8) is 0 Å². The van der Waals surface area contributed by atoms with Gasteiger partial charge in [-0.1, -0.05) is 34.6 Å². The minimum Gasteiger partial charge on any atom is -0.494 e. The van der Waals surface area contributed by atoms with Crippen LogP contribution in [0.15, 0.2) is 24.3 Å². The van der Waals surface area contributed by atoms with E-state index in [0.717, 1.165) is 30.3 Å². The molecule has 0 spiro atoms. The van der Waals surface area contributed by atoms with Crippen molar-refractivity contribution in [2.24, 2.45) is 17.8 Å². The van der Waals surface area contributed by atoms with E-state index in [1.807, 2.05) is 24.3 Å². The van der Waals surface area contributed by atoms with Crippen molar-refractivity contribution in [2.75, 3.05) is 38.7 Å². The SMILES string of the molecule is COC(CC(C)C)(CC(C)C)C(=O)Nc1ccc(OCCCN2CCCC(C)C2)cc1. The largest absolute Gasteiger partial charge is 0.494 e. The number of methoxy groups -OCH3 is 1. The van der Waals surface area contributed by atoms with Crippen LogP contribution in [0.4, 0.5) is 5.69 Å². The molecule has 1 atom stereocenters. The third-order valence-electron chi connectivity index (χ3n) is 6.02. The molecule has 1 N–H and O–H groups in total. The monoisotopic (exact) mass is 432 g/mol. The maximum Gasteiger partial charge on any atom is 0.256 e. The summed E-state index contributed by atoms with van der Waals surface area (Å²) in [5.41, 5.74) is -0.0303. The quantitative estimate of drug-likeness (QED) is 0.437. The first-order chi connectivity index (χ1) is 14.7. The Bertz CT molecular complexity index is 647. The van der Waals surface area contributed by atoms with Gasteiger partial charge < -0.3 is 19.7 Å². The zero-order valence-corrected chi connectivity index (χ0v) is 20.6. The predicted molar refractivity (Wildman–Crippen MR) is 129 cm³/mol. The van der Waals surface area contributed by atoms with Gasteiger partial charge in [-0.05, 0) is 80.7 Å². The molecule has 1 unspecified atom stereocenters. The number of likely N-dealkylation sites (tertiary alicyclic amines) is 1. The number of rotatable bonds is 12. The second-order valence-corrected chi connectivity index (χ2v) is 10.1. The molecule has 1 amide bonds. The number of anilines is 1. The molecular formula is C26H44N2O3. The third kappa shape index (κ3) is 8.46. The van der Waals surface area contributed by atoms with Crippen molar-refractivity contribution in [2.45, 2.75) is 72.3 Å². The molecule has 1 aliphatic rings. The summed E-state index contributed by atoms with van der Waals surface area (Å²) in [5, 5.41) is 3.06. The minimum atomic E-state index is -0.802. The summed E-state index contributed by atoms with van der Waals surface area (Å²) in [7, 11) is 1.64. The lowest BCUT2D eigenvalue weighted by Crippen LogP contribution is -2.46. The fraction of sp³-hybridized carbons (Fsp3) is 0.731. The van der Waals surface area contributed by atoms with Crippen molar-refractivity contribution < 1.29 is 14.3 Å². The first-order valence-electron chi connectivity index (χ1n) is 12.1. The van der Waals surface area contributed by atoms with E-state index < -0.39 is 5.60 Å². The van der Waals surface area contributed by atoms with Gasteiger partial charge in [0.25, 0.3) is 5.91 Å². The topological polar surface area (TPSA) is 50.8 Å². The fourth-order valence-corrected chi connectivity index (χ4v) is 4.69. The molecule has 2 rings (SSSR count). The van der Waals surface area contributed by atoms with Crippen LogP contribution in [0, 0.1) is 17.8 Å². The Kier molecular flexibility index (Phi) is 10.3. The fourth-order valence-electron chi connectivity index (χ4n) is 4.69. The zero-order valence-electron chi connectivity index (χ0n) is 20.6. The average molecular weight is 433 g/mol. The summed E-state index contributed by atoms with van der Waals surface area (Å²) in [6, 6.07) is 7.67. The van der Waals surface area contributed by atoms with Crippen LogP contribution in [-0.2, 0) is 9.53 Å². The standard InChI is InChI=1S/C26H44N2O3/c1-20(2)17-26(30-6,18-21(3)4)25(29)27-23-10-12-24(13-11-23)31-16-8-15-28-14-7-9-22(5)19-28/h10-13,20-22H,7-9,14-19H2,1-6H3,(H,27,29). The minimum absolute atomic E-state index is 0.0678. The van der Waals surface area contributed by atoms with E-state index in [1.165, 1.54) is 25.9 Å². The summed E-state index contributed by atoms with van der Waals surface area (Å²) in [6.07, 6.45) is 5.10. The Balaban J connectivity index is 1.85. The summed E-state index contributed by atoms with van der Waals surface area (Å²) >= 11 is 0. The van der Waals surface area contributed by atoms with E-state index in [1.54, 1.807) is 7.11 Å². The normalized spacial score (nSPS) is 17.9. The van der Waals surface area contributed by atoms with Crippen molar-refractivity contribution in [1.29, 1.82) is 0 Å². The van der Waals surface area contributed by atoms with E-state index in [9.17, 15) is 4.79 Å². The highest BCUT2D eigenvalue weighted by molar-refractivity contribution is 5.97. The molecule has 1 aliphatic heterocycles. The molecule has 5 nitrogen and oxygen atoms in total. The van der Waals surface area contributed by atoms with Crippen molar-refractivity contribution in [1.82, 2.24) is 4.90 Å². The lowest BCUT2D eigenvalue weighted by molar-refractivity contribution is -0.142. The molecular weight excluding hydrogens is 388 g/mol. The molecule has 176 valence electrons. The average Bonchev–Trinajstić information content (AvgIpc) is 2.71. The Labute approximate surface area is 189 Å². The van der Waals surface area contributed by atoms with Crippen LogP contribution in [0.5, 0.6) is 5.75 Å². The molecule has 5 heteroatoms. The van der Waals surface area contributed by atoms with E-state index in [4.69, 9.17) is 9.47 Å². The van der Waals surface area contributed by atoms with Gasteiger partial charge in [0.2, 0.25) is 0 Å². The van der Waals surface area contributed by atoms with Crippen LogP contribution in [0.1, 0.15) is 66.7 Å². The molecule has 0 bridgehead atoms. The maximum atomic E-state index is 13.1. The highest BCUT2D eigenvalue weighted by Crippen LogP contribution is 2.30. The molecule has 0 aliphatic carbocycles. The smallest absolute Gasteiger partial charge is 0.256 e. The first-order valence-corrected chi connectivity index (χ1v) is 12.1. The molecule has 1 aromatic rings.